The van der Waals surface area contributed by atoms with E-state index < -0.39 is 97.5 Å². The second-order valence-electron chi connectivity index (χ2n) is 26.8. The van der Waals surface area contributed by atoms with Gasteiger partial charge in [-0.2, -0.15) is 0 Å². The Hall–Kier alpha value is -1.94. The summed E-state index contributed by atoms with van der Waals surface area (Å²) < 4.78 is 68.3. The first kappa shape index (κ1) is 90.1. The molecule has 0 bridgehead atoms. The van der Waals surface area contributed by atoms with Gasteiger partial charge in [0.05, 0.1) is 26.4 Å². The summed E-state index contributed by atoms with van der Waals surface area (Å²) in [7, 11) is -9.90. The van der Waals surface area contributed by atoms with E-state index in [-0.39, 0.29) is 25.7 Å². The normalized spacial score (nSPS) is 14.0. The van der Waals surface area contributed by atoms with Crippen LogP contribution in [-0.4, -0.2) is 96.7 Å². The van der Waals surface area contributed by atoms with Gasteiger partial charge in [0, 0.05) is 25.7 Å². The molecule has 0 heterocycles. The summed E-state index contributed by atoms with van der Waals surface area (Å²) in [5.41, 5.74) is 0. The fraction of sp³-hybridized carbons (Fsp3) is 0.945. The third-order valence-corrected chi connectivity index (χ3v) is 18.9. The Kier molecular flexibility index (Phi) is 64.9. The lowest BCUT2D eigenvalue weighted by Crippen LogP contribution is -2.30. The van der Waals surface area contributed by atoms with Crippen LogP contribution in [0.15, 0.2) is 0 Å². The zero-order valence-corrected chi connectivity index (χ0v) is 61.5. The number of carbonyl (C=O) groups is 4. The molecule has 546 valence electrons. The number of unbranched alkanes of at least 4 members (excludes halogenated alkanes) is 45. The van der Waals surface area contributed by atoms with Crippen molar-refractivity contribution in [3.63, 3.8) is 0 Å². The van der Waals surface area contributed by atoms with Crippen molar-refractivity contribution in [1.82, 2.24) is 0 Å². The van der Waals surface area contributed by atoms with E-state index in [1.165, 1.54) is 199 Å². The lowest BCUT2D eigenvalue weighted by molar-refractivity contribution is -0.161. The van der Waals surface area contributed by atoms with Gasteiger partial charge in [0.15, 0.2) is 12.2 Å². The zero-order chi connectivity index (χ0) is 67.7. The number of carbonyl (C=O) groups excluding carboxylic acids is 4. The number of phosphoric ester groups is 2. The Morgan fingerprint density at radius 3 is 0.739 bits per heavy atom. The molecule has 3 N–H and O–H groups in total. The van der Waals surface area contributed by atoms with Crippen LogP contribution in [0, 0.1) is 5.92 Å². The average Bonchev–Trinajstić information content (AvgIpc) is 3.40. The van der Waals surface area contributed by atoms with Gasteiger partial charge in [0.1, 0.15) is 19.3 Å². The van der Waals surface area contributed by atoms with Crippen LogP contribution in [-0.2, 0) is 65.4 Å². The van der Waals surface area contributed by atoms with E-state index >= 15 is 0 Å². The van der Waals surface area contributed by atoms with E-state index in [9.17, 15) is 43.2 Å². The lowest BCUT2D eigenvalue weighted by Gasteiger charge is -2.21. The molecule has 19 heteroatoms. The second-order valence-corrected chi connectivity index (χ2v) is 29.7. The Labute approximate surface area is 562 Å². The summed E-state index contributed by atoms with van der Waals surface area (Å²) in [4.78, 5) is 72.5. The Balaban J connectivity index is 5.19. The number of aliphatic hydroxyl groups excluding tert-OH is 1. The number of rotatable bonds is 73. The van der Waals surface area contributed by atoms with E-state index in [4.69, 9.17) is 37.0 Å². The van der Waals surface area contributed by atoms with E-state index in [0.29, 0.717) is 31.6 Å². The standard InChI is InChI=1S/C73H142O17P2/c1-6-9-12-15-18-21-23-25-27-28-29-30-32-34-36-38-43-48-53-58-72(77)89-68(63-84-71(76)57-52-47-42-37-35-33-31-26-24-22-19-16-13-10-7-2)64-87-91(79,80)85-60-67(74)61-86-92(81,82)88-65-69(62-83-70(75)56-51-46-41-20-17-14-11-8-3)90-73(78)59-54-49-44-39-40-45-50-55-66(4)5/h66-69,74H,6-65H2,1-5H3,(H,79,80)(H,81,82)/t67-,68-,69-/m1/s1. The SMILES string of the molecule is CCCCCCCCCCCCCCCCCCCCCC(=O)O[C@H](COC(=O)CCCCCCCCCCCCCCCCC)COP(=O)(O)OC[C@@H](O)COP(=O)(O)OC[C@@H](COC(=O)CCCCCCCCCC)OC(=O)CCCCCCCCCC(C)C. The van der Waals surface area contributed by atoms with E-state index in [2.05, 4.69) is 34.6 Å². The van der Waals surface area contributed by atoms with Crippen molar-refractivity contribution >= 4 is 39.5 Å². The molecule has 0 aromatic rings. The van der Waals surface area contributed by atoms with Crippen LogP contribution in [0.25, 0.3) is 0 Å². The van der Waals surface area contributed by atoms with Crippen LogP contribution in [0.5, 0.6) is 0 Å². The Morgan fingerprint density at radius 1 is 0.293 bits per heavy atom. The van der Waals surface area contributed by atoms with Crippen molar-refractivity contribution in [2.45, 2.75) is 400 Å². The molecule has 0 saturated carbocycles. The monoisotopic (exact) mass is 1350 g/mol. The summed E-state index contributed by atoms with van der Waals surface area (Å²) in [5, 5.41) is 10.6. The van der Waals surface area contributed by atoms with Gasteiger partial charge in [-0.1, -0.05) is 330 Å². The highest BCUT2D eigenvalue weighted by Gasteiger charge is 2.30. The number of phosphoric acid groups is 2. The van der Waals surface area contributed by atoms with Crippen molar-refractivity contribution in [3.8, 4) is 0 Å². The van der Waals surface area contributed by atoms with Crippen LogP contribution >= 0.6 is 15.6 Å². The van der Waals surface area contributed by atoms with Crippen molar-refractivity contribution in [1.29, 1.82) is 0 Å². The van der Waals surface area contributed by atoms with Gasteiger partial charge in [-0.25, -0.2) is 9.13 Å². The molecule has 5 atom stereocenters. The first-order valence-corrected chi connectivity index (χ1v) is 41.1. The Morgan fingerprint density at radius 2 is 0.500 bits per heavy atom. The lowest BCUT2D eigenvalue weighted by atomic mass is 10.0. The quantitative estimate of drug-likeness (QED) is 0.0222. The van der Waals surface area contributed by atoms with Crippen LogP contribution in [0.3, 0.4) is 0 Å². The fourth-order valence-electron chi connectivity index (χ4n) is 11.2. The van der Waals surface area contributed by atoms with Crippen LogP contribution in [0.2, 0.25) is 0 Å². The Bertz CT molecular complexity index is 1770. The molecule has 92 heavy (non-hydrogen) atoms. The maximum Gasteiger partial charge on any atom is 0.472 e. The van der Waals surface area contributed by atoms with Gasteiger partial charge < -0.3 is 33.8 Å². The predicted molar refractivity (Wildman–Crippen MR) is 372 cm³/mol. The van der Waals surface area contributed by atoms with Crippen LogP contribution in [0.1, 0.15) is 381 Å². The van der Waals surface area contributed by atoms with Crippen LogP contribution in [0.4, 0.5) is 0 Å². The molecular formula is C73H142O17P2. The summed E-state index contributed by atoms with van der Waals surface area (Å²) in [6.07, 6.45) is 54.3. The van der Waals surface area contributed by atoms with Crippen molar-refractivity contribution in [2.24, 2.45) is 5.92 Å². The minimum atomic E-state index is -4.95. The first-order valence-electron chi connectivity index (χ1n) is 38.1. The highest BCUT2D eigenvalue weighted by molar-refractivity contribution is 7.47. The molecule has 0 aliphatic heterocycles. The highest BCUT2D eigenvalue weighted by Crippen LogP contribution is 2.45. The molecule has 0 aliphatic carbocycles. The summed E-state index contributed by atoms with van der Waals surface area (Å²) >= 11 is 0. The average molecular weight is 1350 g/mol. The molecule has 0 aliphatic rings. The highest BCUT2D eigenvalue weighted by atomic mass is 31.2. The van der Waals surface area contributed by atoms with Gasteiger partial charge >= 0.3 is 39.5 Å². The van der Waals surface area contributed by atoms with E-state index in [1.54, 1.807) is 0 Å². The molecule has 0 radical (unpaired) electrons. The fourth-order valence-corrected chi connectivity index (χ4v) is 12.8. The van der Waals surface area contributed by atoms with Crippen molar-refractivity contribution in [3.05, 3.63) is 0 Å². The molecule has 17 nitrogen and oxygen atoms in total. The molecule has 0 fully saturated rings. The topological polar surface area (TPSA) is 237 Å². The number of esters is 4. The molecule has 0 spiro atoms. The van der Waals surface area contributed by atoms with E-state index in [1.807, 2.05) is 0 Å². The predicted octanol–water partition coefficient (Wildman–Crippen LogP) is 21.3. The smallest absolute Gasteiger partial charge is 0.462 e. The summed E-state index contributed by atoms with van der Waals surface area (Å²) in [6.45, 7) is 7.18. The maximum absolute atomic E-state index is 13.1. The number of aliphatic hydroxyl groups is 1. The van der Waals surface area contributed by atoms with Crippen molar-refractivity contribution < 1.29 is 80.2 Å². The second kappa shape index (κ2) is 66.3. The van der Waals surface area contributed by atoms with Gasteiger partial charge in [-0.3, -0.25) is 37.3 Å². The molecule has 0 aromatic carbocycles. The third kappa shape index (κ3) is 66.7. The molecule has 0 amide bonds. The maximum atomic E-state index is 13.1. The molecule has 0 aromatic heterocycles. The van der Waals surface area contributed by atoms with Gasteiger partial charge in [-0.15, -0.1) is 0 Å². The number of hydrogen-bond acceptors (Lipinski definition) is 15. The van der Waals surface area contributed by atoms with Crippen molar-refractivity contribution in [2.75, 3.05) is 39.6 Å². The first-order chi connectivity index (χ1) is 44.5. The molecular weight excluding hydrogens is 1210 g/mol. The number of hydrogen-bond donors (Lipinski definition) is 3. The minimum Gasteiger partial charge on any atom is -0.462 e. The van der Waals surface area contributed by atoms with Crippen LogP contribution < -0.4 is 0 Å². The van der Waals surface area contributed by atoms with Gasteiger partial charge in [0.2, 0.25) is 0 Å². The minimum absolute atomic E-state index is 0.104. The van der Waals surface area contributed by atoms with Gasteiger partial charge in [-0.05, 0) is 31.6 Å². The zero-order valence-electron chi connectivity index (χ0n) is 59.7. The third-order valence-electron chi connectivity index (χ3n) is 17.0. The summed E-state index contributed by atoms with van der Waals surface area (Å²) in [5.74, 6) is -1.43. The largest absolute Gasteiger partial charge is 0.472 e. The molecule has 0 saturated heterocycles. The van der Waals surface area contributed by atoms with E-state index in [0.717, 1.165) is 96.3 Å². The number of ether oxygens (including phenoxy) is 4. The van der Waals surface area contributed by atoms with Gasteiger partial charge in [0.25, 0.3) is 0 Å². The molecule has 0 rings (SSSR count). The molecule has 2 unspecified atom stereocenters. The summed E-state index contributed by atoms with van der Waals surface area (Å²) in [6, 6.07) is 0.